The van der Waals surface area contributed by atoms with E-state index in [-0.39, 0.29) is 5.56 Å². The van der Waals surface area contributed by atoms with Gasteiger partial charge < -0.3 is 16.4 Å². The molecule has 2 heterocycles. The number of amides is 1. The Balaban J connectivity index is 1.41. The molecule has 0 unspecified atom stereocenters. The van der Waals surface area contributed by atoms with Crippen LogP contribution in [0, 0.1) is 6.92 Å². The molecule has 0 saturated heterocycles. The van der Waals surface area contributed by atoms with Gasteiger partial charge in [0.1, 0.15) is 12.1 Å². The molecule has 5 rings (SSSR count). The van der Waals surface area contributed by atoms with Gasteiger partial charge in [0.15, 0.2) is 5.65 Å². The highest BCUT2D eigenvalue weighted by atomic mass is 19.4. The molecule has 0 saturated carbocycles. The monoisotopic (exact) mass is 503 g/mol. The van der Waals surface area contributed by atoms with Crippen molar-refractivity contribution in [3.8, 4) is 5.69 Å². The van der Waals surface area contributed by atoms with E-state index in [9.17, 15) is 18.0 Å². The van der Waals surface area contributed by atoms with E-state index in [2.05, 4.69) is 25.7 Å². The molecule has 186 valence electrons. The van der Waals surface area contributed by atoms with E-state index in [1.807, 2.05) is 19.1 Å². The minimum absolute atomic E-state index is 0.0995. The summed E-state index contributed by atoms with van der Waals surface area (Å²) in [5, 5.41) is 11.0. The number of rotatable bonds is 5. The Morgan fingerprint density at radius 1 is 1.00 bits per heavy atom. The molecule has 5 aromatic rings. The van der Waals surface area contributed by atoms with Crippen LogP contribution in [0.2, 0.25) is 0 Å². The van der Waals surface area contributed by atoms with E-state index < -0.39 is 17.6 Å². The quantitative estimate of drug-likeness (QED) is 0.265. The van der Waals surface area contributed by atoms with Crippen molar-refractivity contribution in [2.45, 2.75) is 13.1 Å². The lowest BCUT2D eigenvalue weighted by molar-refractivity contribution is -0.137. The van der Waals surface area contributed by atoms with Crippen LogP contribution in [-0.4, -0.2) is 25.7 Å². The largest absolute Gasteiger partial charge is 0.416 e. The predicted molar refractivity (Wildman–Crippen MR) is 135 cm³/mol. The number of hydrogen-bond donors (Lipinski definition) is 3. The summed E-state index contributed by atoms with van der Waals surface area (Å²) < 4.78 is 40.7. The first-order chi connectivity index (χ1) is 17.7. The molecule has 0 radical (unpaired) electrons. The summed E-state index contributed by atoms with van der Waals surface area (Å²) in [6, 6.07) is 16.6. The molecule has 3 aromatic carbocycles. The van der Waals surface area contributed by atoms with Crippen molar-refractivity contribution in [3.05, 3.63) is 95.9 Å². The Bertz CT molecular complexity index is 1610. The number of anilines is 4. The molecule has 4 N–H and O–H groups in total. The van der Waals surface area contributed by atoms with Crippen LogP contribution in [-0.2, 0) is 6.18 Å². The average Bonchev–Trinajstić information content (AvgIpc) is 3.31. The number of hydrogen-bond acceptors (Lipinski definition) is 6. The average molecular weight is 503 g/mol. The summed E-state index contributed by atoms with van der Waals surface area (Å²) >= 11 is 0. The van der Waals surface area contributed by atoms with Crippen LogP contribution >= 0.6 is 0 Å². The number of nitrogens with zero attached hydrogens (tertiary/aromatic N) is 4. The lowest BCUT2D eigenvalue weighted by Crippen LogP contribution is -2.14. The molecule has 37 heavy (non-hydrogen) atoms. The van der Waals surface area contributed by atoms with Gasteiger partial charge in [-0.15, -0.1) is 0 Å². The van der Waals surface area contributed by atoms with Gasteiger partial charge in [-0.05, 0) is 67.1 Å². The number of nitrogen functional groups attached to an aromatic ring is 1. The molecule has 0 aliphatic carbocycles. The zero-order valence-electron chi connectivity index (χ0n) is 19.4. The molecule has 0 aliphatic rings. The number of aryl methyl sites for hydroxylation is 1. The van der Waals surface area contributed by atoms with Crippen molar-refractivity contribution in [2.24, 2.45) is 0 Å². The number of fused-ring (bicyclic) bond motifs is 1. The maximum absolute atomic E-state index is 13.0. The fraction of sp³-hybridized carbons (Fsp3) is 0.0769. The number of halogens is 3. The molecule has 0 fully saturated rings. The van der Waals surface area contributed by atoms with Crippen molar-refractivity contribution >= 4 is 39.8 Å². The van der Waals surface area contributed by atoms with E-state index in [1.54, 1.807) is 41.2 Å². The van der Waals surface area contributed by atoms with Crippen molar-refractivity contribution in [1.29, 1.82) is 0 Å². The van der Waals surface area contributed by atoms with E-state index >= 15 is 0 Å². The van der Waals surface area contributed by atoms with Gasteiger partial charge in [0.2, 0.25) is 0 Å². The summed E-state index contributed by atoms with van der Waals surface area (Å²) in [6.07, 6.45) is -1.49. The fourth-order valence-corrected chi connectivity index (χ4v) is 3.75. The van der Waals surface area contributed by atoms with Crippen LogP contribution in [0.25, 0.3) is 16.7 Å². The molecule has 0 atom stereocenters. The van der Waals surface area contributed by atoms with Crippen molar-refractivity contribution in [1.82, 2.24) is 19.7 Å². The normalized spacial score (nSPS) is 11.5. The first-order valence-electron chi connectivity index (χ1n) is 11.1. The summed E-state index contributed by atoms with van der Waals surface area (Å²) in [7, 11) is 0. The number of nitrogens with one attached hydrogen (secondary N) is 2. The fourth-order valence-electron chi connectivity index (χ4n) is 3.75. The maximum Gasteiger partial charge on any atom is 0.416 e. The lowest BCUT2D eigenvalue weighted by Gasteiger charge is -2.13. The van der Waals surface area contributed by atoms with E-state index in [0.717, 1.165) is 23.4 Å². The Kier molecular flexibility index (Phi) is 5.96. The van der Waals surface area contributed by atoms with Crippen LogP contribution in [0.1, 0.15) is 21.5 Å². The first kappa shape index (κ1) is 23.8. The van der Waals surface area contributed by atoms with Crippen molar-refractivity contribution in [3.63, 3.8) is 0 Å². The number of benzene rings is 3. The van der Waals surface area contributed by atoms with Gasteiger partial charge in [-0.3, -0.25) is 4.79 Å². The Morgan fingerprint density at radius 2 is 1.78 bits per heavy atom. The van der Waals surface area contributed by atoms with Crippen LogP contribution in [0.4, 0.5) is 36.1 Å². The van der Waals surface area contributed by atoms with Gasteiger partial charge in [0, 0.05) is 22.6 Å². The second-order valence-corrected chi connectivity index (χ2v) is 8.29. The minimum atomic E-state index is -4.54. The van der Waals surface area contributed by atoms with E-state index in [4.69, 9.17) is 5.73 Å². The minimum Gasteiger partial charge on any atom is -0.399 e. The molecule has 8 nitrogen and oxygen atoms in total. The Hall–Kier alpha value is -4.93. The summed E-state index contributed by atoms with van der Waals surface area (Å²) in [5.41, 5.74) is 8.68. The summed E-state index contributed by atoms with van der Waals surface area (Å²) in [4.78, 5) is 21.3. The third-order valence-corrected chi connectivity index (χ3v) is 5.70. The van der Waals surface area contributed by atoms with Crippen LogP contribution in [0.5, 0.6) is 0 Å². The molecular formula is C26H20F3N7O. The summed E-state index contributed by atoms with van der Waals surface area (Å²) in [6.45, 7) is 1.87. The number of carbonyl (C=O) groups is 1. The molecule has 11 heteroatoms. The van der Waals surface area contributed by atoms with E-state index in [1.165, 1.54) is 18.5 Å². The van der Waals surface area contributed by atoms with Crippen molar-refractivity contribution in [2.75, 3.05) is 16.4 Å². The SMILES string of the molecule is Cc1ccc(NC(=O)c2cccc(C(F)(F)F)c2)cc1Nc1ncnc2c1cnn2-c1ccc(N)cc1. The molecule has 2 aromatic heterocycles. The smallest absolute Gasteiger partial charge is 0.399 e. The second kappa shape index (κ2) is 9.26. The summed E-state index contributed by atoms with van der Waals surface area (Å²) in [5.74, 6) is -0.161. The second-order valence-electron chi connectivity index (χ2n) is 8.29. The highest BCUT2D eigenvalue weighted by Gasteiger charge is 2.30. The highest BCUT2D eigenvalue weighted by Crippen LogP contribution is 2.31. The third-order valence-electron chi connectivity index (χ3n) is 5.70. The molecule has 0 bridgehead atoms. The van der Waals surface area contributed by atoms with Crippen LogP contribution in [0.15, 0.2) is 79.3 Å². The first-order valence-corrected chi connectivity index (χ1v) is 11.1. The predicted octanol–water partition coefficient (Wildman–Crippen LogP) is 5.72. The van der Waals surface area contributed by atoms with Gasteiger partial charge in [-0.25, -0.2) is 14.6 Å². The van der Waals surface area contributed by atoms with Gasteiger partial charge in [0.25, 0.3) is 5.91 Å². The van der Waals surface area contributed by atoms with Crippen LogP contribution < -0.4 is 16.4 Å². The van der Waals surface area contributed by atoms with Gasteiger partial charge in [0.05, 0.1) is 22.8 Å². The van der Waals surface area contributed by atoms with Gasteiger partial charge in [-0.2, -0.15) is 18.3 Å². The Morgan fingerprint density at radius 3 is 2.54 bits per heavy atom. The van der Waals surface area contributed by atoms with E-state index in [0.29, 0.717) is 33.9 Å². The standard InChI is InChI=1S/C26H20F3N7O/c1-15-5-8-19(34-25(37)16-3-2-4-17(11-16)26(27,28)29)12-22(15)35-23-21-13-33-36(24(21)32-14-31-23)20-9-6-18(30)7-10-20/h2-14H,30H2,1H3,(H,34,37)(H,31,32,35). The topological polar surface area (TPSA) is 111 Å². The molecule has 0 aliphatic heterocycles. The number of carbonyl (C=O) groups excluding carboxylic acids is 1. The molecule has 0 spiro atoms. The number of aromatic nitrogens is 4. The van der Waals surface area contributed by atoms with Gasteiger partial charge >= 0.3 is 6.18 Å². The molecular weight excluding hydrogens is 483 g/mol. The molecule has 1 amide bonds. The van der Waals surface area contributed by atoms with Crippen LogP contribution in [0.3, 0.4) is 0 Å². The van der Waals surface area contributed by atoms with Crippen molar-refractivity contribution < 1.29 is 18.0 Å². The zero-order valence-corrected chi connectivity index (χ0v) is 19.4. The maximum atomic E-state index is 13.0. The van der Waals surface area contributed by atoms with Gasteiger partial charge in [-0.1, -0.05) is 12.1 Å². The third kappa shape index (κ3) is 4.92. The highest BCUT2D eigenvalue weighted by molar-refractivity contribution is 6.04. The number of alkyl halides is 3. The zero-order chi connectivity index (χ0) is 26.2. The lowest BCUT2D eigenvalue weighted by atomic mass is 10.1. The number of nitrogens with two attached hydrogens (primary N) is 1. The Labute approximate surface area is 209 Å².